The largest absolute Gasteiger partial charge is 0.423 e. The monoisotopic (exact) mass is 348 g/mol. The van der Waals surface area contributed by atoms with Crippen LogP contribution >= 0.6 is 11.8 Å². The van der Waals surface area contributed by atoms with E-state index in [2.05, 4.69) is 10.6 Å². The van der Waals surface area contributed by atoms with Gasteiger partial charge in [-0.25, -0.2) is 4.79 Å². The summed E-state index contributed by atoms with van der Waals surface area (Å²) in [4.78, 5) is 35.2. The molecule has 128 valence electrons. The molecule has 0 fully saturated rings. The molecule has 1 aromatic carbocycles. The number of fused-ring (bicyclic) bond motifs is 1. The van der Waals surface area contributed by atoms with E-state index in [1.54, 1.807) is 30.0 Å². The molecule has 0 bridgehead atoms. The number of benzene rings is 1. The number of thioether (sulfide) groups is 1. The van der Waals surface area contributed by atoms with Gasteiger partial charge in [-0.3, -0.25) is 9.59 Å². The zero-order valence-corrected chi connectivity index (χ0v) is 14.7. The number of carbonyl (C=O) groups excluding carboxylic acids is 2. The summed E-state index contributed by atoms with van der Waals surface area (Å²) in [5, 5.41) is 6.23. The number of hydrogen-bond acceptors (Lipinski definition) is 5. The molecule has 0 saturated carbocycles. The van der Waals surface area contributed by atoms with Gasteiger partial charge in [0.1, 0.15) is 11.6 Å². The van der Waals surface area contributed by atoms with Gasteiger partial charge in [-0.1, -0.05) is 0 Å². The topological polar surface area (TPSA) is 88.4 Å². The van der Waals surface area contributed by atoms with Crippen molar-refractivity contribution >= 4 is 40.2 Å². The van der Waals surface area contributed by atoms with Gasteiger partial charge < -0.3 is 15.1 Å². The van der Waals surface area contributed by atoms with Gasteiger partial charge in [0.2, 0.25) is 11.8 Å². The molecule has 7 heteroatoms. The first-order valence-electron chi connectivity index (χ1n) is 7.52. The van der Waals surface area contributed by atoms with Gasteiger partial charge in [0.25, 0.3) is 0 Å². The smallest absolute Gasteiger partial charge is 0.336 e. The van der Waals surface area contributed by atoms with Crippen LogP contribution in [0.4, 0.5) is 5.69 Å². The minimum absolute atomic E-state index is 0.253. The SMILES string of the molecule is CSCC[C@H](NC(C)=O)C(=O)Nc1ccc2c(C)cc(=O)oc2c1. The quantitative estimate of drug-likeness (QED) is 0.782. The van der Waals surface area contributed by atoms with Crippen molar-refractivity contribution in [3.8, 4) is 0 Å². The van der Waals surface area contributed by atoms with Gasteiger partial charge in [0.15, 0.2) is 0 Å². The third-order valence-electron chi connectivity index (χ3n) is 3.52. The predicted octanol–water partition coefficient (Wildman–Crippen LogP) is 2.30. The molecule has 24 heavy (non-hydrogen) atoms. The number of nitrogens with one attached hydrogen (secondary N) is 2. The first kappa shape index (κ1) is 18.1. The molecule has 0 spiro atoms. The number of hydrogen-bond donors (Lipinski definition) is 2. The lowest BCUT2D eigenvalue weighted by atomic mass is 10.1. The Hall–Kier alpha value is -2.28. The Kier molecular flexibility index (Phi) is 6.03. The molecular weight excluding hydrogens is 328 g/mol. The van der Waals surface area contributed by atoms with E-state index in [0.29, 0.717) is 17.7 Å². The lowest BCUT2D eigenvalue weighted by Crippen LogP contribution is -2.43. The first-order chi connectivity index (χ1) is 11.4. The Balaban J connectivity index is 2.21. The van der Waals surface area contributed by atoms with E-state index in [-0.39, 0.29) is 11.8 Å². The van der Waals surface area contributed by atoms with E-state index in [1.807, 2.05) is 13.2 Å². The van der Waals surface area contributed by atoms with Crippen molar-refractivity contribution in [2.24, 2.45) is 0 Å². The molecule has 0 saturated heterocycles. The molecule has 2 N–H and O–H groups in total. The maximum Gasteiger partial charge on any atom is 0.336 e. The van der Waals surface area contributed by atoms with E-state index < -0.39 is 11.7 Å². The first-order valence-corrected chi connectivity index (χ1v) is 8.91. The highest BCUT2D eigenvalue weighted by Crippen LogP contribution is 2.21. The fourth-order valence-electron chi connectivity index (χ4n) is 2.38. The highest BCUT2D eigenvalue weighted by Gasteiger charge is 2.19. The van der Waals surface area contributed by atoms with Crippen molar-refractivity contribution in [2.75, 3.05) is 17.3 Å². The average Bonchev–Trinajstić information content (AvgIpc) is 2.50. The molecule has 1 atom stereocenters. The number of rotatable bonds is 6. The van der Waals surface area contributed by atoms with Crippen molar-refractivity contribution in [1.82, 2.24) is 5.32 Å². The highest BCUT2D eigenvalue weighted by atomic mass is 32.2. The molecule has 0 aliphatic heterocycles. The molecule has 1 aromatic heterocycles. The van der Waals surface area contributed by atoms with Gasteiger partial charge in [-0.2, -0.15) is 11.8 Å². The average molecular weight is 348 g/mol. The fraction of sp³-hybridized carbons (Fsp3) is 0.353. The second-order valence-electron chi connectivity index (χ2n) is 5.48. The van der Waals surface area contributed by atoms with Crippen LogP contribution in [0.15, 0.2) is 33.5 Å². The zero-order valence-electron chi connectivity index (χ0n) is 13.8. The third kappa shape index (κ3) is 4.61. The van der Waals surface area contributed by atoms with E-state index >= 15 is 0 Å². The molecule has 0 unspecified atom stereocenters. The second-order valence-corrected chi connectivity index (χ2v) is 6.47. The molecule has 2 rings (SSSR count). The van der Waals surface area contributed by atoms with Crippen LogP contribution in [0.2, 0.25) is 0 Å². The van der Waals surface area contributed by atoms with Crippen LogP contribution < -0.4 is 16.3 Å². The molecule has 0 radical (unpaired) electrons. The number of aryl methyl sites for hydroxylation is 1. The maximum absolute atomic E-state index is 12.4. The normalized spacial score (nSPS) is 12.0. The lowest BCUT2D eigenvalue weighted by molar-refractivity contribution is -0.125. The van der Waals surface area contributed by atoms with E-state index in [0.717, 1.165) is 16.7 Å². The molecule has 6 nitrogen and oxygen atoms in total. The Labute approximate surface area is 144 Å². The summed E-state index contributed by atoms with van der Waals surface area (Å²) in [5.41, 5.74) is 1.31. The minimum atomic E-state index is -0.602. The Morgan fingerprint density at radius 3 is 2.71 bits per heavy atom. The molecule has 2 aromatic rings. The summed E-state index contributed by atoms with van der Waals surface area (Å²) in [5.74, 6) is 0.203. The van der Waals surface area contributed by atoms with Crippen molar-refractivity contribution in [1.29, 1.82) is 0 Å². The molecule has 0 aliphatic carbocycles. The third-order valence-corrected chi connectivity index (χ3v) is 4.17. The number of amides is 2. The minimum Gasteiger partial charge on any atom is -0.423 e. The van der Waals surface area contributed by atoms with Crippen LogP contribution in [0.3, 0.4) is 0 Å². The van der Waals surface area contributed by atoms with Crippen LogP contribution in [-0.2, 0) is 9.59 Å². The van der Waals surface area contributed by atoms with E-state index in [4.69, 9.17) is 4.42 Å². The van der Waals surface area contributed by atoms with Gasteiger partial charge in [-0.05, 0) is 43.0 Å². The van der Waals surface area contributed by atoms with Crippen molar-refractivity contribution in [3.05, 3.63) is 40.2 Å². The number of carbonyl (C=O) groups is 2. The summed E-state index contributed by atoms with van der Waals surface area (Å²) >= 11 is 1.60. The van der Waals surface area contributed by atoms with Gasteiger partial charge >= 0.3 is 5.63 Å². The van der Waals surface area contributed by atoms with E-state index in [9.17, 15) is 14.4 Å². The van der Waals surface area contributed by atoms with Crippen LogP contribution in [0.25, 0.3) is 11.0 Å². The van der Waals surface area contributed by atoms with Crippen LogP contribution in [0, 0.1) is 6.92 Å². The second kappa shape index (κ2) is 8.01. The van der Waals surface area contributed by atoms with Crippen molar-refractivity contribution in [3.63, 3.8) is 0 Å². The predicted molar refractivity (Wildman–Crippen MR) is 96.5 cm³/mol. The standard InChI is InChI=1S/C17H20N2O4S/c1-10-8-16(21)23-15-9-12(4-5-13(10)15)19-17(22)14(6-7-24-3)18-11(2)20/h4-5,8-9,14H,6-7H2,1-3H3,(H,18,20)(H,19,22)/t14-/m0/s1. The summed E-state index contributed by atoms with van der Waals surface area (Å²) in [6.07, 6.45) is 2.48. The van der Waals surface area contributed by atoms with Crippen molar-refractivity contribution < 1.29 is 14.0 Å². The highest BCUT2D eigenvalue weighted by molar-refractivity contribution is 7.98. The Morgan fingerprint density at radius 2 is 2.04 bits per heavy atom. The van der Waals surface area contributed by atoms with Crippen molar-refractivity contribution in [2.45, 2.75) is 26.3 Å². The fourth-order valence-corrected chi connectivity index (χ4v) is 2.85. The summed E-state index contributed by atoms with van der Waals surface area (Å²) in [7, 11) is 0. The lowest BCUT2D eigenvalue weighted by Gasteiger charge is -2.17. The summed E-state index contributed by atoms with van der Waals surface area (Å²) < 4.78 is 5.17. The zero-order chi connectivity index (χ0) is 17.7. The molecule has 0 aliphatic rings. The molecule has 2 amide bonds. The molecule has 1 heterocycles. The Bertz CT molecular complexity index is 816. The van der Waals surface area contributed by atoms with Crippen LogP contribution in [0.5, 0.6) is 0 Å². The Morgan fingerprint density at radius 1 is 1.29 bits per heavy atom. The van der Waals surface area contributed by atoms with Gasteiger partial charge in [0, 0.05) is 30.1 Å². The van der Waals surface area contributed by atoms with E-state index in [1.165, 1.54) is 13.0 Å². The summed E-state index contributed by atoms with van der Waals surface area (Å²) in [6, 6.07) is 5.97. The van der Waals surface area contributed by atoms with Crippen LogP contribution in [0.1, 0.15) is 18.9 Å². The van der Waals surface area contributed by atoms with Gasteiger partial charge in [-0.15, -0.1) is 0 Å². The number of anilines is 1. The van der Waals surface area contributed by atoms with Gasteiger partial charge in [0.05, 0.1) is 0 Å². The molecular formula is C17H20N2O4S. The maximum atomic E-state index is 12.4. The van der Waals surface area contributed by atoms with Crippen LogP contribution in [-0.4, -0.2) is 29.9 Å². The summed E-state index contributed by atoms with van der Waals surface area (Å²) in [6.45, 7) is 3.21.